The van der Waals surface area contributed by atoms with E-state index in [2.05, 4.69) is 101 Å². The topological polar surface area (TPSA) is 518 Å². The van der Waals surface area contributed by atoms with E-state index in [9.17, 15) is 72.2 Å². The summed E-state index contributed by atoms with van der Waals surface area (Å²) in [4.78, 5) is 199. The van der Waals surface area contributed by atoms with Crippen molar-refractivity contribution in [3.63, 3.8) is 0 Å². The number of phenols is 1. The highest BCUT2D eigenvalue weighted by molar-refractivity contribution is 5.92. The van der Waals surface area contributed by atoms with Crippen molar-refractivity contribution in [1.82, 2.24) is 101 Å². The Balaban J connectivity index is 0.590. The molecular weight excluding hydrogens is 1650 g/mol. The predicted octanol–water partition coefficient (Wildman–Crippen LogP) is -0.273. The highest BCUT2D eigenvalue weighted by Crippen LogP contribution is 2.32. The van der Waals surface area contributed by atoms with Crippen LogP contribution in [-0.4, -0.2) is 238 Å². The van der Waals surface area contributed by atoms with Gasteiger partial charge in [0.1, 0.15) is 5.75 Å². The van der Waals surface area contributed by atoms with E-state index < -0.39 is 143 Å². The van der Waals surface area contributed by atoms with Crippen LogP contribution in [0, 0.1) is 71.0 Å². The van der Waals surface area contributed by atoms with Gasteiger partial charge < -0.3 is 112 Å². The zero-order valence-electron chi connectivity index (χ0n) is 74.6. The molecule has 35 heteroatoms. The summed E-state index contributed by atoms with van der Waals surface area (Å²) >= 11 is 0. The van der Waals surface area contributed by atoms with Crippen LogP contribution in [0.3, 0.4) is 0 Å². The van der Waals surface area contributed by atoms with E-state index in [0.29, 0.717) is 89.4 Å². The Hall–Kier alpha value is -11.1. The van der Waals surface area contributed by atoms with Gasteiger partial charge in [0.15, 0.2) is 0 Å². The van der Waals surface area contributed by atoms with Gasteiger partial charge in [0.05, 0.1) is 89.4 Å². The number of nitrogens with two attached hydrogens (primary N) is 1. The lowest BCUT2D eigenvalue weighted by atomic mass is 9.93. The van der Waals surface area contributed by atoms with Crippen LogP contribution in [0.25, 0.3) is 21.7 Å². The first-order chi connectivity index (χ1) is 62.1. The number of phenolic OH excluding ortho intramolecular Hbond substituents is 1. The van der Waals surface area contributed by atoms with Crippen LogP contribution in [-0.2, 0) is 86.4 Å². The molecule has 5 aromatic rings. The van der Waals surface area contributed by atoms with Crippen molar-refractivity contribution in [3.8, 4) is 5.75 Å². The zero-order chi connectivity index (χ0) is 91.5. The average molecular weight is 1780 g/mol. The molecule has 35 nitrogen and oxygen atoms in total. The van der Waals surface area contributed by atoms with E-state index in [1.165, 1.54) is 19.1 Å². The molecule has 0 bridgehead atoms. The Labute approximate surface area is 752 Å². The molecule has 0 spiro atoms. The van der Waals surface area contributed by atoms with Gasteiger partial charge in [-0.2, -0.15) is 0 Å². The molecule has 3 aliphatic carbocycles. The van der Waals surface area contributed by atoms with E-state index in [-0.39, 0.29) is 174 Å². The summed E-state index contributed by atoms with van der Waals surface area (Å²) in [5.41, 5.74) is 8.94. The minimum atomic E-state index is -0.868. The molecule has 129 heavy (non-hydrogen) atoms. The second kappa shape index (κ2) is 44.9. The number of para-hydroxylation sites is 1. The van der Waals surface area contributed by atoms with E-state index in [1.807, 2.05) is 101 Å². The second-order valence-electron chi connectivity index (χ2n) is 37.8. The number of aromatic nitrogens is 1. The van der Waals surface area contributed by atoms with Crippen LogP contribution in [0.15, 0.2) is 97.2 Å². The van der Waals surface area contributed by atoms with Crippen LogP contribution < -0.4 is 101 Å². The number of carbonyl (C=O) groups is 14. The van der Waals surface area contributed by atoms with E-state index in [0.717, 1.165) is 39.2 Å². The van der Waals surface area contributed by atoms with Crippen molar-refractivity contribution >= 4 is 104 Å². The molecule has 21 atom stereocenters. The number of hydrogen-bond acceptors (Lipinski definition) is 20. The van der Waals surface area contributed by atoms with Gasteiger partial charge in [-0.3, -0.25) is 67.1 Å². The Morgan fingerprint density at radius 2 is 0.822 bits per heavy atom. The lowest BCUT2D eigenvalue weighted by Crippen LogP contribution is -2.54. The summed E-state index contributed by atoms with van der Waals surface area (Å²) in [6.45, 7) is 11.8. The highest BCUT2D eigenvalue weighted by Gasteiger charge is 2.46. The van der Waals surface area contributed by atoms with Crippen molar-refractivity contribution in [2.45, 2.75) is 204 Å². The van der Waals surface area contributed by atoms with Crippen LogP contribution in [0.1, 0.15) is 135 Å². The van der Waals surface area contributed by atoms with Crippen molar-refractivity contribution in [2.24, 2.45) is 76.7 Å². The van der Waals surface area contributed by atoms with Gasteiger partial charge in [0, 0.05) is 158 Å². The third-order valence-electron chi connectivity index (χ3n) is 27.6. The second-order valence-corrected chi connectivity index (χ2v) is 37.8. The number of carbonyl (C=O) groups excluding carboxylic acids is 14. The normalized spacial score (nSPS) is 26.5. The molecule has 6 heterocycles. The summed E-state index contributed by atoms with van der Waals surface area (Å²) in [6.07, 6.45) is 8.10. The first-order valence-electron chi connectivity index (χ1n) is 46.5. The first-order valence-corrected chi connectivity index (χ1v) is 46.5. The molecule has 3 saturated carbocycles. The van der Waals surface area contributed by atoms with E-state index in [4.69, 9.17) is 5.73 Å². The van der Waals surface area contributed by atoms with Gasteiger partial charge in [-0.1, -0.05) is 120 Å². The lowest BCUT2D eigenvalue weighted by Gasteiger charge is -2.28. The Morgan fingerprint density at radius 1 is 0.395 bits per heavy atom. The summed E-state index contributed by atoms with van der Waals surface area (Å²) < 4.78 is 0. The largest absolute Gasteiger partial charge is 0.508 e. The molecule has 4 aromatic carbocycles. The molecule has 8 aliphatic rings. The number of H-pyrrole nitrogens is 1. The number of benzene rings is 4. The SMILES string of the molecule is CC(=O)NC1CCCC1C(=O)N[C@H](CC(=O)NC1CCCC1C(=O)NC[C@@H](CC(C)C)C(=O)NC1CNCC1C(=O)NC1CNCC1C(=O)N[C@H](CC(=O)NC1CCCC1C(=O)NC[C@H](Cc1ccc(O)cc1)C(=O)NC1CNCC1C(=O)NC1CNCC1C(=O)N[C@H](CC(=O)NC1CNCC1C(N)=O)C(C)C)Cc1c[nH]c2ccccc12)Cc1cccc2ccccc12. The fourth-order valence-electron chi connectivity index (χ4n) is 20.5. The van der Waals surface area contributed by atoms with Gasteiger partial charge in [-0.05, 0) is 122 Å². The monoisotopic (exact) mass is 1780 g/mol. The molecule has 5 aliphatic heterocycles. The van der Waals surface area contributed by atoms with Crippen molar-refractivity contribution in [2.75, 3.05) is 78.5 Å². The number of aromatic amines is 1. The molecule has 22 N–H and O–H groups in total. The zero-order valence-corrected chi connectivity index (χ0v) is 74.6. The fraction of sp³-hybridized carbons (Fsp3) is 0.596. The van der Waals surface area contributed by atoms with Gasteiger partial charge in [0.25, 0.3) is 0 Å². The standard InChI is InChI=1S/C94H132N20O15/c1-50(2)30-57(38-102-88(123)64-19-11-24-74(64)107-82(117)34-59(32-55-16-10-15-54-14-6-7-17-62(54)55)105-90(125)66-21-13-23-73(66)104-52(5)115)86(121)111-78-46-98-42-69(78)93(128)113-80-48-97-41-68(80)91(126)106-60(33-56-37-101-72-22-9-8-18-63(56)72)35-83(118)108-75-25-12-20-65(75)89(124)103-39-58(31-53-26-28-61(116)29-27-53)87(122)112-79-47-99-43-70(79)94(129)114-81-49-100-44-71(81)92(127)110-76(51(3)4)36-84(119)109-77-45-96-40-67(77)85(95)120/h6-10,14-18,22,26-29,37,50-51,57-60,64-71,73-81,96-101,116H,11-13,19-21,23-25,30-36,38-49H2,1-5H3,(H2,95,120)(H,102,123)(H,103,124)(H,104,115)(H,105,125)(H,106,126)(H,107,117)(H,108,118)(H,109,119)(H,110,127)(H,111,121)(H,112,122)(H,113,128)(H,114,129)/t57-,58+,59+,60+,64?,65?,66?,67?,68?,69?,70?,71?,73?,74?,75?,76-,77?,78?,79?,80?,81?/m1/s1. The minimum Gasteiger partial charge on any atom is -0.508 e. The van der Waals surface area contributed by atoms with Gasteiger partial charge >= 0.3 is 0 Å². The van der Waals surface area contributed by atoms with Crippen molar-refractivity contribution < 1.29 is 72.2 Å². The number of rotatable bonds is 40. The summed E-state index contributed by atoms with van der Waals surface area (Å²) in [5.74, 6) is -11.8. The number of primary amides is 1. The van der Waals surface area contributed by atoms with Crippen LogP contribution >= 0.6 is 0 Å². The number of aromatic hydroxyl groups is 1. The Bertz CT molecular complexity index is 4830. The maximum atomic E-state index is 14.8. The van der Waals surface area contributed by atoms with Crippen LogP contribution in [0.2, 0.25) is 0 Å². The van der Waals surface area contributed by atoms with E-state index in [1.54, 1.807) is 12.1 Å². The number of hydrogen-bond donors (Lipinski definition) is 21. The molecule has 8 fully saturated rings. The molecule has 16 unspecified atom stereocenters. The molecule has 698 valence electrons. The Morgan fingerprint density at radius 3 is 1.35 bits per heavy atom. The van der Waals surface area contributed by atoms with Crippen molar-refractivity contribution in [1.29, 1.82) is 0 Å². The molecule has 13 rings (SSSR count). The number of amides is 14. The van der Waals surface area contributed by atoms with Gasteiger partial charge in [0.2, 0.25) is 82.7 Å². The van der Waals surface area contributed by atoms with Crippen LogP contribution in [0.5, 0.6) is 5.75 Å². The first kappa shape index (κ1) is 95.4. The summed E-state index contributed by atoms with van der Waals surface area (Å²) in [5, 5.41) is 69.2. The third-order valence-corrected chi connectivity index (χ3v) is 27.6. The predicted molar refractivity (Wildman–Crippen MR) is 483 cm³/mol. The average Bonchev–Trinajstić information content (AvgIpc) is 1.30. The number of fused-ring (bicyclic) bond motifs is 2. The lowest BCUT2D eigenvalue weighted by molar-refractivity contribution is -0.132. The maximum Gasteiger partial charge on any atom is 0.226 e. The summed E-state index contributed by atoms with van der Waals surface area (Å²) in [7, 11) is 0. The Kier molecular flexibility index (Phi) is 33.2. The molecule has 0 radical (unpaired) electrons. The molecule has 5 saturated heterocycles. The fourth-order valence-corrected chi connectivity index (χ4v) is 20.5. The summed E-state index contributed by atoms with van der Waals surface area (Å²) in [6, 6.07) is 21.6. The van der Waals surface area contributed by atoms with E-state index >= 15 is 0 Å². The molecule has 14 amide bonds. The molecular formula is C94H132N20O15. The quantitative estimate of drug-likeness (QED) is 0.0240. The minimum absolute atomic E-state index is 0.00975. The van der Waals surface area contributed by atoms with Crippen molar-refractivity contribution in [3.05, 3.63) is 114 Å². The smallest absolute Gasteiger partial charge is 0.226 e. The highest BCUT2D eigenvalue weighted by atomic mass is 16.3. The van der Waals surface area contributed by atoms with Crippen LogP contribution in [0.4, 0.5) is 0 Å². The van der Waals surface area contributed by atoms with Gasteiger partial charge in [-0.25, -0.2) is 0 Å². The molecule has 1 aromatic heterocycles. The van der Waals surface area contributed by atoms with Gasteiger partial charge in [-0.15, -0.1) is 0 Å². The number of nitrogens with one attached hydrogen (secondary N) is 19. The third kappa shape index (κ3) is 25.5. The maximum absolute atomic E-state index is 14.8.